The highest BCUT2D eigenvalue weighted by molar-refractivity contribution is 5.80. The molecule has 1 saturated carbocycles. The van der Waals surface area contributed by atoms with Crippen molar-refractivity contribution < 1.29 is 14.7 Å². The molecule has 1 atom stereocenters. The molecule has 6 nitrogen and oxygen atoms in total. The molecule has 1 aliphatic carbocycles. The SMILES string of the molecule is CC(NC(=O)C1CCC(C(=O)O)CC1)c1nc2ccccc2n1C. The number of imidazole rings is 1. The van der Waals surface area contributed by atoms with E-state index in [0.29, 0.717) is 25.7 Å². The first kappa shape index (κ1) is 16.5. The summed E-state index contributed by atoms with van der Waals surface area (Å²) in [5.74, 6) is -0.326. The van der Waals surface area contributed by atoms with Gasteiger partial charge in [0.15, 0.2) is 0 Å². The van der Waals surface area contributed by atoms with E-state index in [4.69, 9.17) is 5.11 Å². The fourth-order valence-corrected chi connectivity index (χ4v) is 3.55. The molecule has 0 saturated heterocycles. The van der Waals surface area contributed by atoms with Gasteiger partial charge in [0.2, 0.25) is 5.91 Å². The molecule has 24 heavy (non-hydrogen) atoms. The highest BCUT2D eigenvalue weighted by Crippen LogP contribution is 2.29. The van der Waals surface area contributed by atoms with Crippen LogP contribution in [0.3, 0.4) is 0 Å². The molecule has 2 aromatic rings. The second-order valence-electron chi connectivity index (χ2n) is 6.63. The van der Waals surface area contributed by atoms with Crippen LogP contribution in [0.5, 0.6) is 0 Å². The second kappa shape index (κ2) is 6.63. The van der Waals surface area contributed by atoms with Gasteiger partial charge < -0.3 is 15.0 Å². The number of rotatable bonds is 4. The number of benzene rings is 1. The molecule has 128 valence electrons. The van der Waals surface area contributed by atoms with Gasteiger partial charge in [0.1, 0.15) is 5.82 Å². The molecule has 3 rings (SSSR count). The summed E-state index contributed by atoms with van der Waals surface area (Å²) in [6.07, 6.45) is 2.43. The minimum absolute atomic E-state index is 0.00149. The Bertz CT molecular complexity index is 760. The van der Waals surface area contributed by atoms with Crippen molar-refractivity contribution in [1.29, 1.82) is 0 Å². The van der Waals surface area contributed by atoms with Crippen LogP contribution in [0.25, 0.3) is 11.0 Å². The zero-order valence-corrected chi connectivity index (χ0v) is 14.0. The van der Waals surface area contributed by atoms with Gasteiger partial charge in [-0.1, -0.05) is 12.1 Å². The topological polar surface area (TPSA) is 84.2 Å². The molecule has 1 amide bonds. The van der Waals surface area contributed by atoms with Crippen molar-refractivity contribution in [2.24, 2.45) is 18.9 Å². The van der Waals surface area contributed by atoms with Gasteiger partial charge in [-0.15, -0.1) is 0 Å². The standard InChI is InChI=1S/C18H23N3O3/c1-11(16-20-14-5-3-4-6-15(14)21(16)2)19-17(22)12-7-9-13(10-8-12)18(23)24/h3-6,11-13H,7-10H2,1-2H3,(H,19,22)(H,23,24). The molecule has 0 spiro atoms. The van der Waals surface area contributed by atoms with Crippen molar-refractivity contribution in [1.82, 2.24) is 14.9 Å². The summed E-state index contributed by atoms with van der Waals surface area (Å²) in [6.45, 7) is 1.93. The molecule has 2 N–H and O–H groups in total. The third kappa shape index (κ3) is 3.13. The van der Waals surface area contributed by atoms with E-state index in [1.165, 1.54) is 0 Å². The quantitative estimate of drug-likeness (QED) is 0.903. The predicted octanol–water partition coefficient (Wildman–Crippen LogP) is 2.64. The van der Waals surface area contributed by atoms with E-state index < -0.39 is 5.97 Å². The van der Waals surface area contributed by atoms with Crippen molar-refractivity contribution in [3.05, 3.63) is 30.1 Å². The number of hydrogen-bond acceptors (Lipinski definition) is 3. The van der Waals surface area contributed by atoms with Gasteiger partial charge in [0, 0.05) is 13.0 Å². The van der Waals surface area contributed by atoms with Crippen LogP contribution in [-0.2, 0) is 16.6 Å². The summed E-state index contributed by atoms with van der Waals surface area (Å²) in [7, 11) is 1.95. The van der Waals surface area contributed by atoms with E-state index in [1.807, 2.05) is 42.8 Å². The predicted molar refractivity (Wildman–Crippen MR) is 90.4 cm³/mol. The monoisotopic (exact) mass is 329 g/mol. The van der Waals surface area contributed by atoms with Crippen molar-refractivity contribution in [3.8, 4) is 0 Å². The van der Waals surface area contributed by atoms with E-state index in [2.05, 4.69) is 10.3 Å². The van der Waals surface area contributed by atoms with Gasteiger partial charge in [0.25, 0.3) is 0 Å². The summed E-state index contributed by atoms with van der Waals surface area (Å²) < 4.78 is 2.00. The number of aryl methyl sites for hydroxylation is 1. The van der Waals surface area contributed by atoms with Crippen LogP contribution in [-0.4, -0.2) is 26.5 Å². The second-order valence-corrected chi connectivity index (χ2v) is 6.63. The summed E-state index contributed by atoms with van der Waals surface area (Å²) in [5.41, 5.74) is 1.95. The summed E-state index contributed by atoms with van der Waals surface area (Å²) in [4.78, 5) is 28.1. The number of carbonyl (C=O) groups excluding carboxylic acids is 1. The lowest BCUT2D eigenvalue weighted by Crippen LogP contribution is -2.36. The number of para-hydroxylation sites is 2. The fraction of sp³-hybridized carbons (Fsp3) is 0.500. The van der Waals surface area contributed by atoms with Crippen LogP contribution in [0.4, 0.5) is 0 Å². The third-order valence-electron chi connectivity index (χ3n) is 5.02. The molecular weight excluding hydrogens is 306 g/mol. The highest BCUT2D eigenvalue weighted by Gasteiger charge is 2.30. The van der Waals surface area contributed by atoms with E-state index in [-0.39, 0.29) is 23.8 Å². The first-order valence-electron chi connectivity index (χ1n) is 8.42. The zero-order chi connectivity index (χ0) is 17.3. The molecule has 1 heterocycles. The number of carboxylic acids is 1. The number of nitrogens with one attached hydrogen (secondary N) is 1. The molecular formula is C18H23N3O3. The Morgan fingerprint density at radius 1 is 1.21 bits per heavy atom. The Kier molecular flexibility index (Phi) is 4.55. The Labute approximate surface area is 140 Å². The number of hydrogen-bond donors (Lipinski definition) is 2. The van der Waals surface area contributed by atoms with E-state index in [1.54, 1.807) is 0 Å². The van der Waals surface area contributed by atoms with Crippen LogP contribution < -0.4 is 5.32 Å². The lowest BCUT2D eigenvalue weighted by Gasteiger charge is -2.26. The molecule has 1 unspecified atom stereocenters. The average molecular weight is 329 g/mol. The van der Waals surface area contributed by atoms with Gasteiger partial charge in [0.05, 0.1) is 23.0 Å². The van der Waals surface area contributed by atoms with Gasteiger partial charge >= 0.3 is 5.97 Å². The number of amides is 1. The molecule has 1 aromatic carbocycles. The van der Waals surface area contributed by atoms with Gasteiger partial charge in [-0.25, -0.2) is 4.98 Å². The maximum absolute atomic E-state index is 12.5. The number of carboxylic acid groups (broad SMARTS) is 1. The molecule has 0 bridgehead atoms. The van der Waals surface area contributed by atoms with E-state index in [0.717, 1.165) is 16.9 Å². The van der Waals surface area contributed by atoms with Crippen LogP contribution in [0, 0.1) is 11.8 Å². The van der Waals surface area contributed by atoms with Crippen molar-refractivity contribution in [3.63, 3.8) is 0 Å². The summed E-state index contributed by atoms with van der Waals surface area (Å²) in [5, 5.41) is 12.1. The van der Waals surface area contributed by atoms with Crippen molar-refractivity contribution >= 4 is 22.9 Å². The maximum Gasteiger partial charge on any atom is 0.306 e. The first-order valence-corrected chi connectivity index (χ1v) is 8.42. The first-order chi connectivity index (χ1) is 11.5. The number of fused-ring (bicyclic) bond motifs is 1. The normalized spacial score (nSPS) is 22.2. The van der Waals surface area contributed by atoms with Crippen LogP contribution in [0.15, 0.2) is 24.3 Å². The average Bonchev–Trinajstić information content (AvgIpc) is 2.92. The van der Waals surface area contributed by atoms with E-state index in [9.17, 15) is 9.59 Å². The number of nitrogens with zero attached hydrogens (tertiary/aromatic N) is 2. The van der Waals surface area contributed by atoms with Crippen molar-refractivity contribution in [2.75, 3.05) is 0 Å². The number of aliphatic carboxylic acids is 1. The smallest absolute Gasteiger partial charge is 0.306 e. The molecule has 1 aromatic heterocycles. The van der Waals surface area contributed by atoms with Gasteiger partial charge in [-0.3, -0.25) is 9.59 Å². The third-order valence-corrected chi connectivity index (χ3v) is 5.02. The largest absolute Gasteiger partial charge is 0.481 e. The maximum atomic E-state index is 12.5. The molecule has 0 aliphatic heterocycles. The van der Waals surface area contributed by atoms with Crippen LogP contribution in [0.1, 0.15) is 44.5 Å². The fourth-order valence-electron chi connectivity index (χ4n) is 3.55. The van der Waals surface area contributed by atoms with Gasteiger partial charge in [-0.2, -0.15) is 0 Å². The van der Waals surface area contributed by atoms with Crippen molar-refractivity contribution in [2.45, 2.75) is 38.6 Å². The zero-order valence-electron chi connectivity index (χ0n) is 14.0. The number of carbonyl (C=O) groups is 2. The lowest BCUT2D eigenvalue weighted by molar-refractivity contribution is -0.144. The lowest BCUT2D eigenvalue weighted by atomic mass is 9.81. The Balaban J connectivity index is 1.66. The molecule has 1 aliphatic rings. The molecule has 6 heteroatoms. The molecule has 0 radical (unpaired) electrons. The van der Waals surface area contributed by atoms with Crippen LogP contribution >= 0.6 is 0 Å². The number of aromatic nitrogens is 2. The minimum Gasteiger partial charge on any atom is -0.481 e. The van der Waals surface area contributed by atoms with Gasteiger partial charge in [-0.05, 0) is 44.7 Å². The minimum atomic E-state index is -0.748. The van der Waals surface area contributed by atoms with E-state index >= 15 is 0 Å². The Morgan fingerprint density at radius 3 is 2.46 bits per heavy atom. The molecule has 1 fully saturated rings. The Hall–Kier alpha value is -2.37. The summed E-state index contributed by atoms with van der Waals surface area (Å²) in [6, 6.07) is 7.70. The summed E-state index contributed by atoms with van der Waals surface area (Å²) >= 11 is 0. The Morgan fingerprint density at radius 2 is 1.83 bits per heavy atom. The van der Waals surface area contributed by atoms with Crippen LogP contribution in [0.2, 0.25) is 0 Å². The highest BCUT2D eigenvalue weighted by atomic mass is 16.4.